The van der Waals surface area contributed by atoms with Gasteiger partial charge in [0, 0.05) is 23.9 Å². The fourth-order valence-electron chi connectivity index (χ4n) is 2.93. The van der Waals surface area contributed by atoms with Crippen LogP contribution in [0.5, 0.6) is 0 Å². The van der Waals surface area contributed by atoms with E-state index in [-0.39, 0.29) is 0 Å². The van der Waals surface area contributed by atoms with Gasteiger partial charge in [-0.1, -0.05) is 0 Å². The van der Waals surface area contributed by atoms with Crippen molar-refractivity contribution in [1.29, 1.82) is 0 Å². The van der Waals surface area contributed by atoms with Crippen molar-refractivity contribution in [2.24, 2.45) is 0 Å². The molecule has 0 bridgehead atoms. The molecule has 0 amide bonds. The number of rotatable bonds is 2. The zero-order chi connectivity index (χ0) is 11.0. The van der Waals surface area contributed by atoms with E-state index in [1.807, 2.05) is 0 Å². The van der Waals surface area contributed by atoms with Gasteiger partial charge in [-0.25, -0.2) is 9.97 Å². The Labute approximate surface area is 96.7 Å². The molecule has 0 radical (unpaired) electrons. The van der Waals surface area contributed by atoms with Crippen LogP contribution in [0.4, 0.5) is 0 Å². The average molecular weight is 217 g/mol. The Morgan fingerprint density at radius 1 is 1.25 bits per heavy atom. The second-order valence-electron chi connectivity index (χ2n) is 5.00. The maximum absolute atomic E-state index is 4.73. The molecule has 1 fully saturated rings. The molecule has 3 heteroatoms. The van der Waals surface area contributed by atoms with Crippen molar-refractivity contribution in [2.75, 3.05) is 6.54 Å². The van der Waals surface area contributed by atoms with Crippen LogP contribution in [0.25, 0.3) is 0 Å². The number of hydrogen-bond donors (Lipinski definition) is 1. The predicted molar refractivity (Wildman–Crippen MR) is 63.5 cm³/mol. The van der Waals surface area contributed by atoms with E-state index >= 15 is 0 Å². The van der Waals surface area contributed by atoms with Gasteiger partial charge in [-0.3, -0.25) is 0 Å². The van der Waals surface area contributed by atoms with Crippen molar-refractivity contribution in [1.82, 2.24) is 15.3 Å². The van der Waals surface area contributed by atoms with Gasteiger partial charge < -0.3 is 5.32 Å². The minimum absolute atomic E-state index is 0.610. The van der Waals surface area contributed by atoms with Gasteiger partial charge in [-0.05, 0) is 51.1 Å². The molecule has 3 rings (SSSR count). The lowest BCUT2D eigenvalue weighted by atomic mass is 10.1. The monoisotopic (exact) mass is 217 g/mol. The van der Waals surface area contributed by atoms with E-state index in [9.17, 15) is 0 Å². The minimum atomic E-state index is 0.610. The number of aromatic nitrogens is 2. The third-order valence-corrected chi connectivity index (χ3v) is 3.78. The molecule has 1 aromatic heterocycles. The number of hydrogen-bond acceptors (Lipinski definition) is 3. The molecule has 2 heterocycles. The summed E-state index contributed by atoms with van der Waals surface area (Å²) in [5, 5.41) is 3.51. The second-order valence-corrected chi connectivity index (χ2v) is 5.00. The molecule has 1 aliphatic heterocycles. The van der Waals surface area contributed by atoms with Crippen LogP contribution in [-0.4, -0.2) is 22.6 Å². The van der Waals surface area contributed by atoms with Gasteiger partial charge in [0.05, 0.1) is 0 Å². The Balaban J connectivity index is 1.82. The summed E-state index contributed by atoms with van der Waals surface area (Å²) in [6, 6.07) is 0.610. The summed E-state index contributed by atoms with van der Waals surface area (Å²) < 4.78 is 0. The van der Waals surface area contributed by atoms with Gasteiger partial charge in [0.1, 0.15) is 5.82 Å². The number of nitrogens with one attached hydrogen (secondary N) is 1. The van der Waals surface area contributed by atoms with Crippen LogP contribution in [-0.2, 0) is 19.3 Å². The topological polar surface area (TPSA) is 37.8 Å². The smallest absolute Gasteiger partial charge is 0.130 e. The first-order valence-corrected chi connectivity index (χ1v) is 6.41. The fraction of sp³-hybridized carbons (Fsp3) is 0.692. The molecule has 2 aliphatic rings. The Morgan fingerprint density at radius 2 is 2.19 bits per heavy atom. The normalized spacial score (nSPS) is 23.7. The maximum Gasteiger partial charge on any atom is 0.130 e. The van der Waals surface area contributed by atoms with E-state index in [0.29, 0.717) is 6.04 Å². The first kappa shape index (κ1) is 10.2. The standard InChI is InChI=1S/C13H19N3/c1-9-11-5-2-6-12(11)16-13(15-9)8-10-4-3-7-14-10/h10,14H,2-8H2,1H3. The van der Waals surface area contributed by atoms with Crippen LogP contribution in [0.1, 0.15) is 42.0 Å². The Kier molecular flexibility index (Phi) is 2.64. The summed E-state index contributed by atoms with van der Waals surface area (Å²) in [7, 11) is 0. The van der Waals surface area contributed by atoms with Crippen molar-refractivity contribution in [3.8, 4) is 0 Å². The van der Waals surface area contributed by atoms with Crippen LogP contribution in [0.2, 0.25) is 0 Å². The van der Waals surface area contributed by atoms with Crippen molar-refractivity contribution in [3.05, 3.63) is 22.8 Å². The highest BCUT2D eigenvalue weighted by molar-refractivity contribution is 5.29. The van der Waals surface area contributed by atoms with Gasteiger partial charge >= 0.3 is 0 Å². The lowest BCUT2D eigenvalue weighted by Gasteiger charge is -2.11. The molecule has 1 aliphatic carbocycles. The Bertz CT molecular complexity index is 394. The zero-order valence-electron chi connectivity index (χ0n) is 9.92. The number of nitrogens with zero attached hydrogens (tertiary/aromatic N) is 2. The van der Waals surface area contributed by atoms with Gasteiger partial charge in [0.25, 0.3) is 0 Å². The lowest BCUT2D eigenvalue weighted by molar-refractivity contribution is 0.582. The molecule has 0 aromatic carbocycles. The third kappa shape index (κ3) is 1.84. The summed E-state index contributed by atoms with van der Waals surface area (Å²) in [6.45, 7) is 3.30. The second kappa shape index (κ2) is 4.13. The van der Waals surface area contributed by atoms with Crippen molar-refractivity contribution < 1.29 is 0 Å². The third-order valence-electron chi connectivity index (χ3n) is 3.78. The van der Waals surface area contributed by atoms with Crippen LogP contribution in [0, 0.1) is 6.92 Å². The van der Waals surface area contributed by atoms with E-state index < -0.39 is 0 Å². The van der Waals surface area contributed by atoms with Crippen molar-refractivity contribution in [2.45, 2.75) is 51.5 Å². The molecule has 0 spiro atoms. The number of fused-ring (bicyclic) bond motifs is 1. The lowest BCUT2D eigenvalue weighted by Crippen LogP contribution is -2.25. The van der Waals surface area contributed by atoms with E-state index in [4.69, 9.17) is 4.98 Å². The predicted octanol–water partition coefficient (Wildman–Crippen LogP) is 1.57. The van der Waals surface area contributed by atoms with Crippen LogP contribution in [0.3, 0.4) is 0 Å². The molecule has 1 aromatic rings. The van der Waals surface area contributed by atoms with Gasteiger partial charge in [0.2, 0.25) is 0 Å². The Hall–Kier alpha value is -0.960. The molecule has 86 valence electrons. The van der Waals surface area contributed by atoms with E-state index in [1.165, 1.54) is 42.6 Å². The minimum Gasteiger partial charge on any atom is -0.314 e. The quantitative estimate of drug-likeness (QED) is 0.817. The van der Waals surface area contributed by atoms with E-state index in [0.717, 1.165) is 25.2 Å². The molecular weight excluding hydrogens is 198 g/mol. The van der Waals surface area contributed by atoms with Crippen molar-refractivity contribution >= 4 is 0 Å². The Morgan fingerprint density at radius 3 is 3.00 bits per heavy atom. The molecule has 3 nitrogen and oxygen atoms in total. The maximum atomic E-state index is 4.73. The van der Waals surface area contributed by atoms with Gasteiger partial charge in [0.15, 0.2) is 0 Å². The first-order chi connectivity index (χ1) is 7.83. The highest BCUT2D eigenvalue weighted by atomic mass is 15.0. The molecular formula is C13H19N3. The summed E-state index contributed by atoms with van der Waals surface area (Å²) in [5.41, 5.74) is 3.96. The first-order valence-electron chi connectivity index (χ1n) is 6.41. The fourth-order valence-corrected chi connectivity index (χ4v) is 2.93. The molecule has 16 heavy (non-hydrogen) atoms. The highest BCUT2D eigenvalue weighted by Gasteiger charge is 2.20. The number of aryl methyl sites for hydroxylation is 2. The van der Waals surface area contributed by atoms with Crippen molar-refractivity contribution in [3.63, 3.8) is 0 Å². The zero-order valence-corrected chi connectivity index (χ0v) is 9.92. The molecule has 1 atom stereocenters. The summed E-state index contributed by atoms with van der Waals surface area (Å²) in [4.78, 5) is 9.38. The average Bonchev–Trinajstić information content (AvgIpc) is 2.87. The summed E-state index contributed by atoms with van der Waals surface area (Å²) in [5.74, 6) is 1.05. The van der Waals surface area contributed by atoms with Crippen LogP contribution >= 0.6 is 0 Å². The van der Waals surface area contributed by atoms with Gasteiger partial charge in [-0.2, -0.15) is 0 Å². The van der Waals surface area contributed by atoms with Crippen LogP contribution < -0.4 is 5.32 Å². The molecule has 1 N–H and O–H groups in total. The SMILES string of the molecule is Cc1nc(CC2CCCN2)nc2c1CCC2. The molecule has 0 saturated carbocycles. The van der Waals surface area contributed by atoms with E-state index in [1.54, 1.807) is 0 Å². The largest absolute Gasteiger partial charge is 0.314 e. The van der Waals surface area contributed by atoms with Gasteiger partial charge in [-0.15, -0.1) is 0 Å². The van der Waals surface area contributed by atoms with E-state index in [2.05, 4.69) is 17.2 Å². The highest BCUT2D eigenvalue weighted by Crippen LogP contribution is 2.22. The summed E-state index contributed by atoms with van der Waals surface area (Å²) >= 11 is 0. The summed E-state index contributed by atoms with van der Waals surface area (Å²) in [6.07, 6.45) is 7.19. The van der Waals surface area contributed by atoms with Crippen LogP contribution in [0.15, 0.2) is 0 Å². The molecule has 1 unspecified atom stereocenters. The molecule has 1 saturated heterocycles.